The van der Waals surface area contributed by atoms with Crippen LogP contribution >= 0.6 is 0 Å². The van der Waals surface area contributed by atoms with E-state index >= 15 is 0 Å². The SMILES string of the molecule is O=C(O)CCCN1C(=O)c2cccc3c(Oc4ccccc4[N+](=O)[O-])ccc(c23)C1=O. The molecule has 9 heteroatoms. The summed E-state index contributed by atoms with van der Waals surface area (Å²) in [7, 11) is 0. The van der Waals surface area contributed by atoms with Gasteiger partial charge in [0.2, 0.25) is 5.75 Å². The molecule has 9 nitrogen and oxygen atoms in total. The van der Waals surface area contributed by atoms with E-state index < -0.39 is 22.7 Å². The van der Waals surface area contributed by atoms with Crippen molar-refractivity contribution in [2.24, 2.45) is 0 Å². The van der Waals surface area contributed by atoms with Crippen LogP contribution in [0.2, 0.25) is 0 Å². The molecule has 0 fully saturated rings. The summed E-state index contributed by atoms with van der Waals surface area (Å²) in [4.78, 5) is 48.4. The van der Waals surface area contributed by atoms with Gasteiger partial charge in [-0.15, -0.1) is 0 Å². The fourth-order valence-corrected chi connectivity index (χ4v) is 3.61. The zero-order valence-corrected chi connectivity index (χ0v) is 16.1. The van der Waals surface area contributed by atoms with Gasteiger partial charge >= 0.3 is 11.7 Å². The van der Waals surface area contributed by atoms with Gasteiger partial charge in [-0.05, 0) is 30.7 Å². The van der Waals surface area contributed by atoms with Crippen LogP contribution in [0.1, 0.15) is 33.6 Å². The van der Waals surface area contributed by atoms with Gasteiger partial charge in [-0.1, -0.05) is 24.3 Å². The zero-order chi connectivity index (χ0) is 22.1. The molecule has 0 unspecified atom stereocenters. The second kappa shape index (κ2) is 7.86. The number of imide groups is 1. The number of rotatable bonds is 7. The molecule has 0 atom stereocenters. The van der Waals surface area contributed by atoms with Crippen molar-refractivity contribution in [2.45, 2.75) is 12.8 Å². The quantitative estimate of drug-likeness (QED) is 0.348. The van der Waals surface area contributed by atoms with Gasteiger partial charge in [0.15, 0.2) is 0 Å². The second-order valence-electron chi connectivity index (χ2n) is 6.93. The Labute approximate surface area is 175 Å². The Balaban J connectivity index is 1.76. The van der Waals surface area contributed by atoms with Gasteiger partial charge in [-0.25, -0.2) is 0 Å². The second-order valence-corrected chi connectivity index (χ2v) is 6.93. The van der Waals surface area contributed by atoms with E-state index in [1.54, 1.807) is 24.3 Å². The summed E-state index contributed by atoms with van der Waals surface area (Å²) in [6.45, 7) is -0.00570. The molecule has 0 saturated heterocycles. The van der Waals surface area contributed by atoms with E-state index in [2.05, 4.69) is 0 Å². The summed E-state index contributed by atoms with van der Waals surface area (Å²) in [6.07, 6.45) is -0.00621. The summed E-state index contributed by atoms with van der Waals surface area (Å²) >= 11 is 0. The highest BCUT2D eigenvalue weighted by atomic mass is 16.6. The standard InChI is InChI=1S/C22H16N2O7/c25-19(26)9-4-12-23-21(27)14-6-3-5-13-17(11-10-15(20(13)14)22(23)28)31-18-8-2-1-7-16(18)24(29)30/h1-3,5-8,10-11H,4,9,12H2,(H,25,26). The lowest BCUT2D eigenvalue weighted by atomic mass is 9.93. The summed E-state index contributed by atoms with van der Waals surface area (Å²) in [5, 5.41) is 21.0. The number of nitrogens with zero attached hydrogens (tertiary/aromatic N) is 2. The predicted octanol–water partition coefficient (Wildman–Crippen LogP) is 4.00. The zero-order valence-electron chi connectivity index (χ0n) is 16.1. The first-order valence-corrected chi connectivity index (χ1v) is 9.43. The largest absolute Gasteiger partial charge is 0.481 e. The first-order valence-electron chi connectivity index (χ1n) is 9.43. The van der Waals surface area contributed by atoms with Gasteiger partial charge in [0, 0.05) is 40.9 Å². The highest BCUT2D eigenvalue weighted by Gasteiger charge is 2.33. The summed E-state index contributed by atoms with van der Waals surface area (Å²) in [5.74, 6) is -1.73. The van der Waals surface area contributed by atoms with Gasteiger partial charge in [0.25, 0.3) is 11.8 Å². The van der Waals surface area contributed by atoms with Crippen molar-refractivity contribution >= 4 is 34.2 Å². The Kier molecular flexibility index (Phi) is 5.08. The predicted molar refractivity (Wildman–Crippen MR) is 109 cm³/mol. The maximum Gasteiger partial charge on any atom is 0.311 e. The Morgan fingerprint density at radius 3 is 2.39 bits per heavy atom. The molecular formula is C22H16N2O7. The Hall–Kier alpha value is -4.27. The number of carbonyl (C=O) groups is 3. The number of carboxylic acid groups (broad SMARTS) is 1. The Morgan fingerprint density at radius 1 is 0.968 bits per heavy atom. The van der Waals surface area contributed by atoms with Crippen LogP contribution in [0.15, 0.2) is 54.6 Å². The third kappa shape index (κ3) is 3.57. The van der Waals surface area contributed by atoms with E-state index in [-0.39, 0.29) is 47.7 Å². The molecule has 0 aliphatic carbocycles. The number of carboxylic acids is 1. The average Bonchev–Trinajstić information content (AvgIpc) is 2.75. The number of hydrogen-bond donors (Lipinski definition) is 1. The fraction of sp³-hybridized carbons (Fsp3) is 0.136. The molecule has 0 saturated carbocycles. The lowest BCUT2D eigenvalue weighted by molar-refractivity contribution is -0.385. The number of benzene rings is 3. The van der Waals surface area contributed by atoms with Crippen LogP contribution in [0.5, 0.6) is 11.5 Å². The lowest BCUT2D eigenvalue weighted by Crippen LogP contribution is -2.41. The van der Waals surface area contributed by atoms with E-state index in [0.717, 1.165) is 4.90 Å². The smallest absolute Gasteiger partial charge is 0.311 e. The van der Waals surface area contributed by atoms with Crippen LogP contribution < -0.4 is 4.74 Å². The molecular weight excluding hydrogens is 404 g/mol. The maximum absolute atomic E-state index is 12.9. The fourth-order valence-electron chi connectivity index (χ4n) is 3.61. The minimum atomic E-state index is -1.00. The maximum atomic E-state index is 12.9. The molecule has 1 aliphatic heterocycles. The molecule has 1 N–H and O–H groups in total. The molecule has 156 valence electrons. The third-order valence-corrected chi connectivity index (χ3v) is 5.01. The van der Waals surface area contributed by atoms with Crippen molar-refractivity contribution in [1.29, 1.82) is 0 Å². The molecule has 0 aromatic heterocycles. The van der Waals surface area contributed by atoms with Gasteiger partial charge in [0.1, 0.15) is 5.75 Å². The molecule has 31 heavy (non-hydrogen) atoms. The monoisotopic (exact) mass is 420 g/mol. The van der Waals surface area contributed by atoms with Gasteiger partial charge in [-0.3, -0.25) is 29.4 Å². The number of aliphatic carboxylic acids is 1. The van der Waals surface area contributed by atoms with E-state index in [1.807, 2.05) is 0 Å². The lowest BCUT2D eigenvalue weighted by Gasteiger charge is -2.27. The van der Waals surface area contributed by atoms with Crippen molar-refractivity contribution in [2.75, 3.05) is 6.54 Å². The first kappa shape index (κ1) is 20.0. The van der Waals surface area contributed by atoms with E-state index in [9.17, 15) is 24.5 Å². The van der Waals surface area contributed by atoms with E-state index in [4.69, 9.17) is 9.84 Å². The van der Waals surface area contributed by atoms with Crippen molar-refractivity contribution in [1.82, 2.24) is 4.90 Å². The topological polar surface area (TPSA) is 127 Å². The van der Waals surface area contributed by atoms with Crippen LogP contribution in [0.3, 0.4) is 0 Å². The molecule has 3 aromatic rings. The number of hydrogen-bond acceptors (Lipinski definition) is 6. The number of ether oxygens (including phenoxy) is 1. The molecule has 0 radical (unpaired) electrons. The number of nitro groups is 1. The van der Waals surface area contributed by atoms with Crippen LogP contribution in [0.4, 0.5) is 5.69 Å². The number of amides is 2. The van der Waals surface area contributed by atoms with Crippen LogP contribution in [0, 0.1) is 10.1 Å². The average molecular weight is 420 g/mol. The third-order valence-electron chi connectivity index (χ3n) is 5.01. The van der Waals surface area contributed by atoms with Crippen LogP contribution in [0.25, 0.3) is 10.8 Å². The first-order chi connectivity index (χ1) is 14.9. The summed E-state index contributed by atoms with van der Waals surface area (Å²) < 4.78 is 5.81. The number of carbonyl (C=O) groups excluding carboxylic acids is 2. The van der Waals surface area contributed by atoms with Gasteiger partial charge in [0.05, 0.1) is 4.92 Å². The highest BCUT2D eigenvalue weighted by molar-refractivity contribution is 6.26. The summed E-state index contributed by atoms with van der Waals surface area (Å²) in [6, 6.07) is 13.9. The summed E-state index contributed by atoms with van der Waals surface area (Å²) in [5.41, 5.74) is 0.366. The van der Waals surface area contributed by atoms with Crippen molar-refractivity contribution in [3.05, 3.63) is 75.8 Å². The van der Waals surface area contributed by atoms with E-state index in [0.29, 0.717) is 10.8 Å². The van der Waals surface area contributed by atoms with Crippen LogP contribution in [-0.2, 0) is 4.79 Å². The number of nitro benzene ring substituents is 1. The van der Waals surface area contributed by atoms with Crippen molar-refractivity contribution in [3.63, 3.8) is 0 Å². The normalized spacial score (nSPS) is 12.8. The molecule has 0 bridgehead atoms. The van der Waals surface area contributed by atoms with Gasteiger partial charge in [-0.2, -0.15) is 0 Å². The van der Waals surface area contributed by atoms with Gasteiger partial charge < -0.3 is 9.84 Å². The minimum absolute atomic E-state index is 0.00570. The van der Waals surface area contributed by atoms with Crippen molar-refractivity contribution < 1.29 is 29.2 Å². The van der Waals surface area contributed by atoms with E-state index in [1.165, 1.54) is 30.3 Å². The Morgan fingerprint density at radius 2 is 1.68 bits per heavy atom. The minimum Gasteiger partial charge on any atom is -0.481 e. The van der Waals surface area contributed by atoms with Crippen molar-refractivity contribution in [3.8, 4) is 11.5 Å². The Bertz CT molecular complexity index is 1230. The molecule has 0 spiro atoms. The molecule has 1 heterocycles. The molecule has 4 rings (SSSR count). The molecule has 1 aliphatic rings. The highest BCUT2D eigenvalue weighted by Crippen LogP contribution is 2.39. The van der Waals surface area contributed by atoms with Crippen LogP contribution in [-0.4, -0.2) is 39.3 Å². The molecule has 2 amide bonds. The molecule has 3 aromatic carbocycles. The number of para-hydroxylation sites is 2.